The molecule has 1 aromatic heterocycles. The quantitative estimate of drug-likeness (QED) is 0.849. The normalized spacial score (nSPS) is 18.6. The maximum atomic E-state index is 12.5. The third-order valence-corrected chi connectivity index (χ3v) is 5.36. The predicted octanol–water partition coefficient (Wildman–Crippen LogP) is 3.48. The van der Waals surface area contributed by atoms with Crippen LogP contribution in [0.25, 0.3) is 0 Å². The summed E-state index contributed by atoms with van der Waals surface area (Å²) >= 11 is 7.53. The molecule has 2 heterocycles. The van der Waals surface area contributed by atoms with E-state index in [9.17, 15) is 4.79 Å². The Balaban J connectivity index is 1.89. The minimum absolute atomic E-state index is 0.0794. The van der Waals surface area contributed by atoms with Crippen LogP contribution in [-0.4, -0.2) is 41.9 Å². The summed E-state index contributed by atoms with van der Waals surface area (Å²) in [6, 6.07) is 3.86. The Morgan fingerprint density at radius 2 is 2.15 bits per heavy atom. The van der Waals surface area contributed by atoms with E-state index in [1.165, 1.54) is 4.88 Å². The van der Waals surface area contributed by atoms with Crippen LogP contribution in [0.2, 0.25) is 4.34 Å². The van der Waals surface area contributed by atoms with Gasteiger partial charge in [0, 0.05) is 24.5 Å². The molecule has 1 fully saturated rings. The highest BCUT2D eigenvalue weighted by atomic mass is 35.5. The molecule has 20 heavy (non-hydrogen) atoms. The van der Waals surface area contributed by atoms with Crippen LogP contribution < -0.4 is 0 Å². The van der Waals surface area contributed by atoms with Crippen molar-refractivity contribution in [2.75, 3.05) is 20.1 Å². The molecule has 0 radical (unpaired) electrons. The summed E-state index contributed by atoms with van der Waals surface area (Å²) in [4.78, 5) is 17.8. The zero-order valence-corrected chi connectivity index (χ0v) is 14.0. The summed E-state index contributed by atoms with van der Waals surface area (Å²) in [5, 5.41) is 0. The highest BCUT2D eigenvalue weighted by Gasteiger charge is 2.26. The van der Waals surface area contributed by atoms with E-state index >= 15 is 0 Å². The number of rotatable bonds is 4. The van der Waals surface area contributed by atoms with Crippen molar-refractivity contribution in [2.45, 2.75) is 39.3 Å². The highest BCUT2D eigenvalue weighted by Crippen LogP contribution is 2.23. The van der Waals surface area contributed by atoms with Gasteiger partial charge in [0.2, 0.25) is 5.91 Å². The number of nitrogens with zero attached hydrogens (tertiary/aromatic N) is 2. The van der Waals surface area contributed by atoms with E-state index < -0.39 is 0 Å². The van der Waals surface area contributed by atoms with Crippen LogP contribution >= 0.6 is 22.9 Å². The van der Waals surface area contributed by atoms with Crippen molar-refractivity contribution in [1.29, 1.82) is 0 Å². The van der Waals surface area contributed by atoms with Gasteiger partial charge in [0.15, 0.2) is 0 Å². The maximum Gasteiger partial charge on any atom is 0.239 e. The third kappa shape index (κ3) is 3.96. The Morgan fingerprint density at radius 1 is 1.50 bits per heavy atom. The molecule has 112 valence electrons. The number of piperidine rings is 1. The van der Waals surface area contributed by atoms with Crippen LogP contribution in [0, 0.1) is 5.92 Å². The molecule has 1 aliphatic heterocycles. The number of carbonyl (C=O) groups excluding carboxylic acids is 1. The second-order valence-electron chi connectivity index (χ2n) is 5.80. The van der Waals surface area contributed by atoms with Crippen molar-refractivity contribution in [1.82, 2.24) is 9.80 Å². The van der Waals surface area contributed by atoms with Gasteiger partial charge in [0.25, 0.3) is 0 Å². The lowest BCUT2D eigenvalue weighted by Gasteiger charge is -2.34. The van der Waals surface area contributed by atoms with Crippen molar-refractivity contribution >= 4 is 28.8 Å². The second-order valence-corrected chi connectivity index (χ2v) is 7.60. The van der Waals surface area contributed by atoms with Gasteiger partial charge in [-0.05, 0) is 44.9 Å². The summed E-state index contributed by atoms with van der Waals surface area (Å²) in [5.41, 5.74) is 0. The fourth-order valence-corrected chi connectivity index (χ4v) is 3.65. The zero-order valence-electron chi connectivity index (χ0n) is 12.4. The lowest BCUT2D eigenvalue weighted by Crippen LogP contribution is -2.48. The van der Waals surface area contributed by atoms with E-state index in [0.29, 0.717) is 0 Å². The van der Waals surface area contributed by atoms with Gasteiger partial charge in [-0.25, -0.2) is 0 Å². The average Bonchev–Trinajstić information content (AvgIpc) is 2.83. The van der Waals surface area contributed by atoms with Crippen molar-refractivity contribution in [3.8, 4) is 0 Å². The van der Waals surface area contributed by atoms with E-state index in [1.807, 2.05) is 31.0 Å². The molecule has 0 saturated carbocycles. The summed E-state index contributed by atoms with van der Waals surface area (Å²) in [5.74, 6) is 1.00. The molecule has 1 aromatic rings. The number of likely N-dealkylation sites (N-methyl/N-ethyl adjacent to an activating group) is 1. The molecule has 0 spiro atoms. The van der Waals surface area contributed by atoms with Gasteiger partial charge in [0.1, 0.15) is 0 Å². The topological polar surface area (TPSA) is 23.6 Å². The molecule has 1 saturated heterocycles. The number of halogens is 1. The smallest absolute Gasteiger partial charge is 0.239 e. The zero-order chi connectivity index (χ0) is 14.7. The first-order chi connectivity index (χ1) is 9.47. The van der Waals surface area contributed by atoms with Crippen LogP contribution in [0.5, 0.6) is 0 Å². The molecule has 1 amide bonds. The Bertz CT molecular complexity index is 454. The van der Waals surface area contributed by atoms with Crippen molar-refractivity contribution in [3.05, 3.63) is 21.3 Å². The van der Waals surface area contributed by atoms with E-state index in [2.05, 4.69) is 11.8 Å². The number of likely N-dealkylation sites (tertiary alicyclic amines) is 1. The molecule has 0 N–H and O–H groups in total. The lowest BCUT2D eigenvalue weighted by atomic mass is 9.99. The average molecular weight is 315 g/mol. The number of hydrogen-bond acceptors (Lipinski definition) is 3. The SMILES string of the molecule is CC1CCN(C(=O)C(C)N(C)Cc2ccc(Cl)s2)CC1. The number of thiophene rings is 1. The Hall–Kier alpha value is -0.580. The summed E-state index contributed by atoms with van der Waals surface area (Å²) < 4.78 is 0.803. The molecule has 1 unspecified atom stereocenters. The van der Waals surface area contributed by atoms with Crippen molar-refractivity contribution < 1.29 is 4.79 Å². The van der Waals surface area contributed by atoms with Gasteiger partial charge < -0.3 is 4.90 Å². The maximum absolute atomic E-state index is 12.5. The molecule has 1 aliphatic rings. The molecule has 0 aromatic carbocycles. The summed E-state index contributed by atoms with van der Waals surface area (Å²) in [6.45, 7) is 6.84. The van der Waals surface area contributed by atoms with E-state index in [-0.39, 0.29) is 11.9 Å². The first kappa shape index (κ1) is 15.8. The van der Waals surface area contributed by atoms with Gasteiger partial charge in [-0.3, -0.25) is 9.69 Å². The van der Waals surface area contributed by atoms with E-state index in [0.717, 1.165) is 42.7 Å². The molecule has 0 aliphatic carbocycles. The van der Waals surface area contributed by atoms with Crippen LogP contribution in [-0.2, 0) is 11.3 Å². The monoisotopic (exact) mass is 314 g/mol. The van der Waals surface area contributed by atoms with E-state index in [1.54, 1.807) is 11.3 Å². The van der Waals surface area contributed by atoms with E-state index in [4.69, 9.17) is 11.6 Å². The fraction of sp³-hybridized carbons (Fsp3) is 0.667. The molecule has 2 rings (SSSR count). The first-order valence-corrected chi connectivity index (χ1v) is 8.40. The molecule has 0 bridgehead atoms. The van der Waals surface area contributed by atoms with Gasteiger partial charge in [-0.15, -0.1) is 11.3 Å². The van der Waals surface area contributed by atoms with Crippen molar-refractivity contribution in [3.63, 3.8) is 0 Å². The minimum Gasteiger partial charge on any atom is -0.341 e. The van der Waals surface area contributed by atoms with Crippen LogP contribution in [0.1, 0.15) is 31.6 Å². The van der Waals surface area contributed by atoms with Crippen LogP contribution in [0.4, 0.5) is 0 Å². The third-order valence-electron chi connectivity index (χ3n) is 4.15. The Morgan fingerprint density at radius 3 is 2.70 bits per heavy atom. The molecular formula is C15H23ClN2OS. The fourth-order valence-electron chi connectivity index (χ4n) is 2.50. The first-order valence-electron chi connectivity index (χ1n) is 7.20. The number of carbonyl (C=O) groups is 1. The summed E-state index contributed by atoms with van der Waals surface area (Å²) in [7, 11) is 2.00. The molecular weight excluding hydrogens is 292 g/mol. The number of amides is 1. The molecule has 3 nitrogen and oxygen atoms in total. The predicted molar refractivity (Wildman–Crippen MR) is 85.2 cm³/mol. The summed E-state index contributed by atoms with van der Waals surface area (Å²) in [6.07, 6.45) is 2.26. The Labute approximate surface area is 130 Å². The van der Waals surface area contributed by atoms with Crippen LogP contribution in [0.3, 0.4) is 0 Å². The molecule has 1 atom stereocenters. The standard InChI is InChI=1S/C15H23ClN2OS/c1-11-6-8-18(9-7-11)15(19)12(2)17(3)10-13-4-5-14(16)20-13/h4-5,11-12H,6-10H2,1-3H3. The van der Waals surface area contributed by atoms with Gasteiger partial charge in [-0.1, -0.05) is 18.5 Å². The van der Waals surface area contributed by atoms with Gasteiger partial charge in [-0.2, -0.15) is 0 Å². The second kappa shape index (κ2) is 6.92. The highest BCUT2D eigenvalue weighted by molar-refractivity contribution is 7.16. The van der Waals surface area contributed by atoms with Crippen molar-refractivity contribution in [2.24, 2.45) is 5.92 Å². The minimum atomic E-state index is -0.0794. The lowest BCUT2D eigenvalue weighted by molar-refractivity contribution is -0.137. The van der Waals surface area contributed by atoms with Gasteiger partial charge in [0.05, 0.1) is 10.4 Å². The largest absolute Gasteiger partial charge is 0.341 e. The number of hydrogen-bond donors (Lipinski definition) is 0. The molecule has 5 heteroatoms. The Kier molecular flexibility index (Phi) is 5.47. The van der Waals surface area contributed by atoms with Gasteiger partial charge >= 0.3 is 0 Å². The van der Waals surface area contributed by atoms with Crippen LogP contribution in [0.15, 0.2) is 12.1 Å².